The number of methoxy groups -OCH3 is 2. The van der Waals surface area contributed by atoms with Crippen LogP contribution in [0.15, 0.2) is 85.2 Å². The molecule has 12 rings (SSSR count). The second kappa shape index (κ2) is 29.6. The molecule has 0 aliphatic carbocycles. The summed E-state index contributed by atoms with van der Waals surface area (Å²) in [6, 6.07) is 21.5. The zero-order valence-corrected chi connectivity index (χ0v) is 55.9. The number of carbonyl (C=O) groups excluding carboxylic acids is 4. The van der Waals surface area contributed by atoms with Gasteiger partial charge in [-0.2, -0.15) is 0 Å². The molecule has 0 saturated carbocycles. The number of amides is 2. The van der Waals surface area contributed by atoms with Crippen molar-refractivity contribution in [1.29, 1.82) is 0 Å². The number of aromatic nitrogens is 8. The summed E-state index contributed by atoms with van der Waals surface area (Å²) < 4.78 is 46.2. The fourth-order valence-electron chi connectivity index (χ4n) is 13.0. The minimum absolute atomic E-state index is 0.00849. The number of hydrogen-bond acceptors (Lipinski definition) is 17. The van der Waals surface area contributed by atoms with Gasteiger partial charge in [0.05, 0.1) is 106 Å². The maximum absolute atomic E-state index is 13.7. The van der Waals surface area contributed by atoms with Crippen molar-refractivity contribution in [3.8, 4) is 56.8 Å². The molecule has 2 fully saturated rings. The Kier molecular flexibility index (Phi) is 20.8. The van der Waals surface area contributed by atoms with Crippen LogP contribution in [0.1, 0.15) is 80.8 Å². The first kappa shape index (κ1) is 67.0. The van der Waals surface area contributed by atoms with E-state index in [1.165, 1.54) is 0 Å². The topological polar surface area (TPSA) is 220 Å². The van der Waals surface area contributed by atoms with Gasteiger partial charge in [0.25, 0.3) is 11.8 Å². The number of hydrogen-bond donors (Lipinski definition) is 2. The minimum Gasteiger partial charge on any atom is -0.481 e. The van der Waals surface area contributed by atoms with Crippen LogP contribution < -0.4 is 20.1 Å². The number of likely N-dealkylation sites (tertiary alicyclic amines) is 2. The molecule has 10 heterocycles. The van der Waals surface area contributed by atoms with Gasteiger partial charge in [-0.05, 0) is 61.1 Å². The molecule has 6 aromatic heterocycles. The monoisotopic (exact) mass is 1370 g/mol. The van der Waals surface area contributed by atoms with E-state index in [0.717, 1.165) is 47.0 Å². The van der Waals surface area contributed by atoms with Gasteiger partial charge in [0, 0.05) is 163 Å². The molecule has 95 heavy (non-hydrogen) atoms. The molecular formula is C68H70Cl4F2N14O7. The molecule has 2 amide bonds. The SMILES string of the molecule is COc1nc(-c2ccnc(-c3cccc(NC(=O)c4nc5c(n4C)CCN(CCCF)C5)c3Cl)c2Cl)ccc1CN1CC(CC(=O)OC(=O)CC2CN(Cc3ccc(-c4ccnc(-c5cccc(NC(=O)c6nc7c(n6C)CCN(CCCF)C7)c5Cl)c4Cl)nc3OC)C2)C1. The maximum atomic E-state index is 13.7. The average molecular weight is 1380 g/mol. The second-order valence-electron chi connectivity index (χ2n) is 24.3. The van der Waals surface area contributed by atoms with Crippen molar-refractivity contribution in [3.05, 3.63) is 151 Å². The fraction of sp³-hybridized carbons (Fsp3) is 0.382. The van der Waals surface area contributed by atoms with Crippen LogP contribution >= 0.6 is 46.4 Å². The molecule has 0 bridgehead atoms. The van der Waals surface area contributed by atoms with Gasteiger partial charge >= 0.3 is 11.9 Å². The van der Waals surface area contributed by atoms with Crippen LogP contribution in [0.2, 0.25) is 20.1 Å². The van der Waals surface area contributed by atoms with E-state index in [9.17, 15) is 28.0 Å². The number of benzene rings is 2. The van der Waals surface area contributed by atoms with Crippen molar-refractivity contribution in [1.82, 2.24) is 58.6 Å². The van der Waals surface area contributed by atoms with Crippen LogP contribution in [-0.2, 0) is 67.4 Å². The van der Waals surface area contributed by atoms with Crippen LogP contribution in [0, 0.1) is 11.8 Å². The number of pyridine rings is 4. The van der Waals surface area contributed by atoms with Crippen molar-refractivity contribution in [2.75, 3.05) is 90.6 Å². The summed E-state index contributed by atoms with van der Waals surface area (Å²) in [6.07, 6.45) is 5.76. The quantitative estimate of drug-likeness (QED) is 0.0424. The molecule has 2 saturated heterocycles. The number of rotatable bonds is 24. The number of nitrogens with zero attached hydrogens (tertiary/aromatic N) is 12. The van der Waals surface area contributed by atoms with Crippen molar-refractivity contribution in [2.45, 2.75) is 64.7 Å². The van der Waals surface area contributed by atoms with Gasteiger partial charge in [-0.15, -0.1) is 0 Å². The van der Waals surface area contributed by atoms with E-state index in [2.05, 4.69) is 50.2 Å². The predicted octanol–water partition coefficient (Wildman–Crippen LogP) is 11.4. The first-order valence-corrected chi connectivity index (χ1v) is 32.9. The number of esters is 2. The Morgan fingerprint density at radius 3 is 1.36 bits per heavy atom. The van der Waals surface area contributed by atoms with Gasteiger partial charge in [0.2, 0.25) is 11.8 Å². The van der Waals surface area contributed by atoms with E-state index in [1.54, 1.807) is 84.3 Å². The minimum atomic E-state index is -0.549. The summed E-state index contributed by atoms with van der Waals surface area (Å²) in [5.41, 5.74) is 9.94. The van der Waals surface area contributed by atoms with Crippen molar-refractivity contribution in [3.63, 3.8) is 0 Å². The highest BCUT2D eigenvalue weighted by Gasteiger charge is 2.35. The Morgan fingerprint density at radius 2 is 0.958 bits per heavy atom. The number of carbonyl (C=O) groups is 4. The number of nitrogens with one attached hydrogen (secondary N) is 2. The van der Waals surface area contributed by atoms with Gasteiger partial charge in [0.1, 0.15) is 0 Å². The maximum Gasteiger partial charge on any atom is 0.313 e. The highest BCUT2D eigenvalue weighted by molar-refractivity contribution is 6.40. The van der Waals surface area contributed by atoms with E-state index in [0.29, 0.717) is 169 Å². The molecule has 27 heteroatoms. The third-order valence-electron chi connectivity index (χ3n) is 17.9. The molecule has 4 aliphatic heterocycles. The number of alkyl halides is 2. The van der Waals surface area contributed by atoms with Crippen molar-refractivity contribution in [2.24, 2.45) is 25.9 Å². The summed E-state index contributed by atoms with van der Waals surface area (Å²) in [4.78, 5) is 90.1. The van der Waals surface area contributed by atoms with Gasteiger partial charge in [-0.25, -0.2) is 19.9 Å². The van der Waals surface area contributed by atoms with E-state index in [-0.39, 0.29) is 59.7 Å². The van der Waals surface area contributed by atoms with Gasteiger partial charge in [0.15, 0.2) is 11.6 Å². The summed E-state index contributed by atoms with van der Waals surface area (Å²) >= 11 is 28.2. The van der Waals surface area contributed by atoms with E-state index >= 15 is 0 Å². The van der Waals surface area contributed by atoms with E-state index in [1.807, 2.05) is 38.4 Å². The summed E-state index contributed by atoms with van der Waals surface area (Å²) in [5, 5.41) is 6.92. The van der Waals surface area contributed by atoms with Crippen molar-refractivity contribution >= 4 is 81.5 Å². The third-order valence-corrected chi connectivity index (χ3v) is 19.5. The van der Waals surface area contributed by atoms with Crippen molar-refractivity contribution < 1.29 is 42.2 Å². The lowest BCUT2D eigenvalue weighted by atomic mass is 9.95. The van der Waals surface area contributed by atoms with Crippen LogP contribution in [0.3, 0.4) is 0 Å². The van der Waals surface area contributed by atoms with Crippen LogP contribution in [0.25, 0.3) is 45.0 Å². The standard InChI is InChI=1S/C68H70Cl4F2N14O7/c1-83-53-19-27-85(25-7-21-73)37-51(53)77-63(83)65(91)79-49-11-5-9-45(57(49)69)61-59(71)43(17-23-75-61)47-15-13-41(67(81-47)93-3)35-87-31-39(32-87)29-55(89)95-56(90)30-40-33-88(34-40)36-42-14-16-48(82-68(42)94-4)44-18-24-76-62(60(44)72)46-10-6-12-50(58(46)70)80-66(92)64-78-52-38-86(26-8-22-74)28-20-54(52)84(64)2/h5-6,9-18,23-24,39-40H,7-8,19-22,25-38H2,1-4H3,(H,79,91)(H,80,92). The summed E-state index contributed by atoms with van der Waals surface area (Å²) in [6.45, 7) is 6.58. The molecule has 8 aromatic rings. The molecule has 0 radical (unpaired) electrons. The van der Waals surface area contributed by atoms with Gasteiger partial charge in [-0.1, -0.05) is 82.8 Å². The van der Waals surface area contributed by atoms with Crippen LogP contribution in [0.4, 0.5) is 20.2 Å². The number of halogens is 6. The third kappa shape index (κ3) is 14.6. The molecule has 21 nitrogen and oxygen atoms in total. The lowest BCUT2D eigenvalue weighted by molar-refractivity contribution is -0.162. The molecule has 0 atom stereocenters. The normalized spacial score (nSPS) is 15.4. The Labute approximate surface area is 568 Å². The summed E-state index contributed by atoms with van der Waals surface area (Å²) in [7, 11) is 6.73. The molecule has 0 spiro atoms. The largest absolute Gasteiger partial charge is 0.481 e. The molecule has 0 unspecified atom stereocenters. The zero-order chi connectivity index (χ0) is 66.6. The van der Waals surface area contributed by atoms with Gasteiger partial charge < -0.3 is 34.0 Å². The lowest BCUT2D eigenvalue weighted by Crippen LogP contribution is -2.47. The van der Waals surface area contributed by atoms with Gasteiger partial charge in [-0.3, -0.25) is 57.5 Å². The first-order chi connectivity index (χ1) is 46.0. The smallest absolute Gasteiger partial charge is 0.313 e. The molecule has 2 aromatic carbocycles. The molecular weight excluding hydrogens is 1300 g/mol. The zero-order valence-electron chi connectivity index (χ0n) is 52.9. The second-order valence-corrected chi connectivity index (χ2v) is 25.8. The average Bonchev–Trinajstić information content (AvgIpc) is 1.50. The van der Waals surface area contributed by atoms with E-state index < -0.39 is 23.8 Å². The highest BCUT2D eigenvalue weighted by Crippen LogP contribution is 2.43. The number of fused-ring (bicyclic) bond motifs is 2. The number of anilines is 2. The predicted molar refractivity (Wildman–Crippen MR) is 358 cm³/mol. The summed E-state index contributed by atoms with van der Waals surface area (Å²) in [5.74, 6) is -0.637. The molecule has 4 aliphatic rings. The van der Waals surface area contributed by atoms with Crippen LogP contribution in [0.5, 0.6) is 11.8 Å². The first-order valence-electron chi connectivity index (χ1n) is 31.4. The number of ether oxygens (including phenoxy) is 3. The fourth-order valence-corrected chi connectivity index (χ4v) is 14.2. The Morgan fingerprint density at radius 1 is 0.537 bits per heavy atom. The Balaban J connectivity index is 0.593. The van der Waals surface area contributed by atoms with Crippen LogP contribution in [-0.4, -0.2) is 162 Å². The lowest BCUT2D eigenvalue weighted by Gasteiger charge is -2.39. The number of imidazole rings is 2. The highest BCUT2D eigenvalue weighted by atomic mass is 35.5. The molecule has 2 N–H and O–H groups in total. The Bertz CT molecular complexity index is 3970. The van der Waals surface area contributed by atoms with E-state index in [4.69, 9.17) is 70.6 Å². The Hall–Kier alpha value is -8.00. The molecule has 496 valence electrons.